The van der Waals surface area contributed by atoms with Gasteiger partial charge in [0.05, 0.1) is 6.61 Å². The summed E-state index contributed by atoms with van der Waals surface area (Å²) in [6.07, 6.45) is 1.79. The van der Waals surface area contributed by atoms with Gasteiger partial charge in [0.1, 0.15) is 5.82 Å². The highest BCUT2D eigenvalue weighted by Crippen LogP contribution is 2.27. The van der Waals surface area contributed by atoms with Crippen LogP contribution < -0.4 is 5.73 Å². The third-order valence-electron chi connectivity index (χ3n) is 3.36. The number of nitrogens with two attached hydrogens (primary N) is 1. The standard InChI is InChI=1S/C13H18FNO/c1-13(15,11-6-7-16-9-11)8-10-2-4-12(14)5-3-10/h2-5,11H,6-9,15H2,1H3. The van der Waals surface area contributed by atoms with Gasteiger partial charge < -0.3 is 10.5 Å². The van der Waals surface area contributed by atoms with E-state index in [1.54, 1.807) is 12.1 Å². The van der Waals surface area contributed by atoms with Crippen LogP contribution in [-0.4, -0.2) is 18.8 Å². The summed E-state index contributed by atoms with van der Waals surface area (Å²) in [5, 5.41) is 0. The molecule has 1 saturated heterocycles. The van der Waals surface area contributed by atoms with Crippen molar-refractivity contribution in [2.24, 2.45) is 11.7 Å². The van der Waals surface area contributed by atoms with Crippen LogP contribution in [0, 0.1) is 11.7 Å². The lowest BCUT2D eigenvalue weighted by molar-refractivity contribution is 0.166. The van der Waals surface area contributed by atoms with E-state index < -0.39 is 0 Å². The van der Waals surface area contributed by atoms with E-state index in [-0.39, 0.29) is 11.4 Å². The van der Waals surface area contributed by atoms with Gasteiger partial charge >= 0.3 is 0 Å². The summed E-state index contributed by atoms with van der Waals surface area (Å²) in [7, 11) is 0. The van der Waals surface area contributed by atoms with Crippen LogP contribution in [0.3, 0.4) is 0 Å². The molecule has 0 aromatic heterocycles. The highest BCUT2D eigenvalue weighted by Gasteiger charge is 2.33. The van der Waals surface area contributed by atoms with Gasteiger partial charge in [-0.1, -0.05) is 12.1 Å². The minimum atomic E-state index is -0.270. The van der Waals surface area contributed by atoms with Gasteiger partial charge in [0, 0.05) is 18.1 Å². The van der Waals surface area contributed by atoms with E-state index >= 15 is 0 Å². The molecule has 88 valence electrons. The number of ether oxygens (including phenoxy) is 1. The van der Waals surface area contributed by atoms with Crippen molar-refractivity contribution in [2.45, 2.75) is 25.3 Å². The zero-order chi connectivity index (χ0) is 11.6. The van der Waals surface area contributed by atoms with Crippen molar-refractivity contribution < 1.29 is 9.13 Å². The Balaban J connectivity index is 2.04. The molecule has 2 nitrogen and oxygen atoms in total. The Morgan fingerprint density at radius 2 is 2.12 bits per heavy atom. The molecular formula is C13H18FNO. The van der Waals surface area contributed by atoms with Crippen LogP contribution in [0.4, 0.5) is 4.39 Å². The van der Waals surface area contributed by atoms with Crippen molar-refractivity contribution in [3.05, 3.63) is 35.6 Å². The molecule has 2 rings (SSSR count). The summed E-state index contributed by atoms with van der Waals surface area (Å²) < 4.78 is 18.1. The zero-order valence-electron chi connectivity index (χ0n) is 9.58. The fraction of sp³-hybridized carbons (Fsp3) is 0.538. The first-order valence-electron chi connectivity index (χ1n) is 5.69. The minimum absolute atomic E-state index is 0.202. The number of benzene rings is 1. The van der Waals surface area contributed by atoms with Crippen LogP contribution in [0.1, 0.15) is 18.9 Å². The van der Waals surface area contributed by atoms with Gasteiger partial charge in [-0.3, -0.25) is 0 Å². The predicted octanol–water partition coefficient (Wildman–Crippen LogP) is 2.12. The predicted molar refractivity (Wildman–Crippen MR) is 61.6 cm³/mol. The third-order valence-corrected chi connectivity index (χ3v) is 3.36. The van der Waals surface area contributed by atoms with Crippen molar-refractivity contribution in [3.63, 3.8) is 0 Å². The van der Waals surface area contributed by atoms with Crippen molar-refractivity contribution in [1.29, 1.82) is 0 Å². The van der Waals surface area contributed by atoms with Gasteiger partial charge in [-0.2, -0.15) is 0 Å². The molecule has 0 radical (unpaired) electrons. The summed E-state index contributed by atoms with van der Waals surface area (Å²) in [4.78, 5) is 0. The quantitative estimate of drug-likeness (QED) is 0.852. The average Bonchev–Trinajstić information content (AvgIpc) is 2.75. The van der Waals surface area contributed by atoms with E-state index in [2.05, 4.69) is 6.92 Å². The number of rotatable bonds is 3. The lowest BCUT2D eigenvalue weighted by Gasteiger charge is -2.30. The summed E-state index contributed by atoms with van der Waals surface area (Å²) in [5.74, 6) is 0.198. The second-order valence-corrected chi connectivity index (χ2v) is 4.87. The van der Waals surface area contributed by atoms with E-state index in [1.165, 1.54) is 12.1 Å². The molecule has 2 unspecified atom stereocenters. The molecule has 1 heterocycles. The van der Waals surface area contributed by atoms with Crippen molar-refractivity contribution in [2.75, 3.05) is 13.2 Å². The zero-order valence-corrected chi connectivity index (χ0v) is 9.58. The monoisotopic (exact) mass is 223 g/mol. The molecule has 2 atom stereocenters. The first-order valence-corrected chi connectivity index (χ1v) is 5.69. The van der Waals surface area contributed by atoms with Gasteiger partial charge in [0.15, 0.2) is 0 Å². The van der Waals surface area contributed by atoms with Crippen LogP contribution in [-0.2, 0) is 11.2 Å². The van der Waals surface area contributed by atoms with Gasteiger partial charge in [-0.25, -0.2) is 4.39 Å². The smallest absolute Gasteiger partial charge is 0.123 e. The molecule has 0 amide bonds. The Kier molecular flexibility index (Phi) is 3.26. The van der Waals surface area contributed by atoms with Crippen LogP contribution in [0.2, 0.25) is 0 Å². The molecule has 1 aliphatic heterocycles. The molecule has 1 aliphatic rings. The van der Waals surface area contributed by atoms with E-state index in [0.29, 0.717) is 5.92 Å². The number of hydrogen-bond acceptors (Lipinski definition) is 2. The molecule has 3 heteroatoms. The Morgan fingerprint density at radius 3 is 2.69 bits per heavy atom. The molecule has 0 saturated carbocycles. The van der Waals surface area contributed by atoms with Crippen molar-refractivity contribution >= 4 is 0 Å². The Bertz CT molecular complexity index is 341. The second-order valence-electron chi connectivity index (χ2n) is 4.87. The highest BCUT2D eigenvalue weighted by molar-refractivity contribution is 5.19. The Labute approximate surface area is 95.6 Å². The van der Waals surface area contributed by atoms with E-state index in [0.717, 1.165) is 31.6 Å². The molecular weight excluding hydrogens is 205 g/mol. The van der Waals surface area contributed by atoms with Crippen LogP contribution in [0.15, 0.2) is 24.3 Å². The van der Waals surface area contributed by atoms with Crippen molar-refractivity contribution in [3.8, 4) is 0 Å². The summed E-state index contributed by atoms with van der Waals surface area (Å²) in [6.45, 7) is 3.60. The third kappa shape index (κ3) is 2.60. The molecule has 1 aromatic rings. The molecule has 0 aliphatic carbocycles. The Morgan fingerprint density at radius 1 is 1.44 bits per heavy atom. The largest absolute Gasteiger partial charge is 0.381 e. The maximum Gasteiger partial charge on any atom is 0.123 e. The Hall–Kier alpha value is -0.930. The second kappa shape index (κ2) is 4.52. The number of halogens is 1. The van der Waals surface area contributed by atoms with E-state index in [4.69, 9.17) is 10.5 Å². The first kappa shape index (κ1) is 11.6. The maximum absolute atomic E-state index is 12.8. The summed E-state index contributed by atoms with van der Waals surface area (Å²) >= 11 is 0. The van der Waals surface area contributed by atoms with Crippen LogP contribution >= 0.6 is 0 Å². The molecule has 1 fully saturated rings. The molecule has 0 spiro atoms. The molecule has 2 N–H and O–H groups in total. The van der Waals surface area contributed by atoms with Crippen LogP contribution in [0.25, 0.3) is 0 Å². The lowest BCUT2D eigenvalue weighted by atomic mass is 9.81. The topological polar surface area (TPSA) is 35.2 Å². The lowest BCUT2D eigenvalue weighted by Crippen LogP contribution is -2.46. The van der Waals surface area contributed by atoms with Gasteiger partial charge in [-0.15, -0.1) is 0 Å². The maximum atomic E-state index is 12.8. The summed E-state index contributed by atoms with van der Waals surface area (Å²) in [6, 6.07) is 6.57. The number of hydrogen-bond donors (Lipinski definition) is 1. The molecule has 0 bridgehead atoms. The summed E-state index contributed by atoms with van der Waals surface area (Å²) in [5.41, 5.74) is 7.13. The van der Waals surface area contributed by atoms with Gasteiger partial charge in [-0.05, 0) is 37.5 Å². The van der Waals surface area contributed by atoms with E-state index in [9.17, 15) is 4.39 Å². The van der Waals surface area contributed by atoms with Gasteiger partial charge in [0.2, 0.25) is 0 Å². The molecule has 16 heavy (non-hydrogen) atoms. The average molecular weight is 223 g/mol. The van der Waals surface area contributed by atoms with Crippen molar-refractivity contribution in [1.82, 2.24) is 0 Å². The first-order chi connectivity index (χ1) is 7.58. The van der Waals surface area contributed by atoms with Gasteiger partial charge in [0.25, 0.3) is 0 Å². The normalized spacial score (nSPS) is 24.3. The van der Waals surface area contributed by atoms with E-state index in [1.807, 2.05) is 0 Å². The SMILES string of the molecule is CC(N)(Cc1ccc(F)cc1)C1CCOC1. The van der Waals surface area contributed by atoms with Crippen LogP contribution in [0.5, 0.6) is 0 Å². The molecule has 1 aromatic carbocycles. The fourth-order valence-corrected chi connectivity index (χ4v) is 2.24. The fourth-order valence-electron chi connectivity index (χ4n) is 2.24. The minimum Gasteiger partial charge on any atom is -0.381 e. The highest BCUT2D eigenvalue weighted by atomic mass is 19.1.